The fraction of sp³-hybridized carbons (Fsp3) is 0.448. The lowest BCUT2D eigenvalue weighted by Crippen LogP contribution is -2.46. The van der Waals surface area contributed by atoms with Crippen LogP contribution in [0.2, 0.25) is 0 Å². The molecule has 1 N–H and O–H groups in total. The Kier molecular flexibility index (Phi) is 13.4. The number of hydrogen-bond acceptors (Lipinski definition) is 4. The van der Waals surface area contributed by atoms with Crippen molar-refractivity contribution in [1.82, 2.24) is 19.8 Å². The molecular formula is C29H35Cl3F4N4O2. The van der Waals surface area contributed by atoms with E-state index in [4.69, 9.17) is 9.72 Å². The van der Waals surface area contributed by atoms with Crippen molar-refractivity contribution in [3.05, 3.63) is 77.5 Å². The summed E-state index contributed by atoms with van der Waals surface area (Å²) in [6, 6.07) is 12.4. The molecule has 0 saturated carbocycles. The van der Waals surface area contributed by atoms with Crippen LogP contribution in [0.1, 0.15) is 55.0 Å². The number of nitrogens with one attached hydrogen (secondary N) is 1. The summed E-state index contributed by atoms with van der Waals surface area (Å²) < 4.78 is 61.8. The second-order valence-electron chi connectivity index (χ2n) is 10.2. The lowest BCUT2D eigenvalue weighted by Gasteiger charge is -2.35. The summed E-state index contributed by atoms with van der Waals surface area (Å²) in [5, 5.41) is 3.33. The summed E-state index contributed by atoms with van der Waals surface area (Å²) in [7, 11) is 0. The number of aromatic nitrogens is 2. The van der Waals surface area contributed by atoms with Gasteiger partial charge in [-0.3, -0.25) is 0 Å². The number of amides is 1. The summed E-state index contributed by atoms with van der Waals surface area (Å²) in [4.78, 5) is 19.6. The largest absolute Gasteiger partial charge is 0.445 e. The van der Waals surface area contributed by atoms with Crippen molar-refractivity contribution < 1.29 is 27.1 Å². The van der Waals surface area contributed by atoms with Crippen LogP contribution in [0.4, 0.5) is 22.4 Å². The van der Waals surface area contributed by atoms with Gasteiger partial charge < -0.3 is 19.5 Å². The number of carbonyl (C=O) groups is 1. The Balaban J connectivity index is 0.00000205. The first-order valence-corrected chi connectivity index (χ1v) is 13.4. The van der Waals surface area contributed by atoms with E-state index in [0.717, 1.165) is 68.7 Å². The smallest absolute Gasteiger partial charge is 0.419 e. The molecule has 3 aromatic rings. The topological polar surface area (TPSA) is 59.4 Å². The average molecular weight is 654 g/mol. The average Bonchev–Trinajstić information content (AvgIpc) is 3.36. The van der Waals surface area contributed by atoms with E-state index in [1.807, 2.05) is 34.9 Å². The second-order valence-corrected chi connectivity index (χ2v) is 10.2. The van der Waals surface area contributed by atoms with Gasteiger partial charge in [-0.2, -0.15) is 13.2 Å². The molecule has 2 aromatic carbocycles. The summed E-state index contributed by atoms with van der Waals surface area (Å²) in [6.07, 6.45) is 0.890. The van der Waals surface area contributed by atoms with Gasteiger partial charge in [0.15, 0.2) is 0 Å². The van der Waals surface area contributed by atoms with Gasteiger partial charge >= 0.3 is 12.3 Å². The van der Waals surface area contributed by atoms with Gasteiger partial charge in [0, 0.05) is 30.8 Å². The second kappa shape index (κ2) is 15.8. The van der Waals surface area contributed by atoms with Crippen LogP contribution >= 0.6 is 37.2 Å². The molecule has 1 aromatic heterocycles. The van der Waals surface area contributed by atoms with E-state index in [2.05, 4.69) is 5.32 Å². The van der Waals surface area contributed by atoms with E-state index in [1.54, 1.807) is 11.1 Å². The third-order valence-corrected chi connectivity index (χ3v) is 7.55. The van der Waals surface area contributed by atoms with Crippen LogP contribution in [-0.2, 0) is 24.1 Å². The van der Waals surface area contributed by atoms with E-state index >= 15 is 0 Å². The Morgan fingerprint density at radius 1 is 1.00 bits per heavy atom. The quantitative estimate of drug-likeness (QED) is 0.278. The summed E-state index contributed by atoms with van der Waals surface area (Å²) in [5.41, 5.74) is 0.172. The monoisotopic (exact) mass is 652 g/mol. The van der Waals surface area contributed by atoms with Crippen molar-refractivity contribution in [2.24, 2.45) is 0 Å². The molecule has 1 unspecified atom stereocenters. The first-order valence-electron chi connectivity index (χ1n) is 13.4. The van der Waals surface area contributed by atoms with Crippen molar-refractivity contribution in [3.63, 3.8) is 0 Å². The molecule has 0 spiro atoms. The molecule has 1 atom stereocenters. The van der Waals surface area contributed by atoms with Crippen molar-refractivity contribution in [2.75, 3.05) is 19.6 Å². The lowest BCUT2D eigenvalue weighted by molar-refractivity contribution is -0.139. The number of rotatable bonds is 6. The SMILES string of the molecule is Cl.Cl.Cl.O=C(OCc1ccccc1)N1CCCCC1Cn1cc(-c2ccc(F)c(C(F)(F)F)c2)nc1C1CCNCC1. The fourth-order valence-corrected chi connectivity index (χ4v) is 5.48. The number of imidazole rings is 1. The number of ether oxygens (including phenoxy) is 1. The molecule has 5 rings (SSSR count). The van der Waals surface area contributed by atoms with Crippen LogP contribution in [0.5, 0.6) is 0 Å². The molecule has 42 heavy (non-hydrogen) atoms. The van der Waals surface area contributed by atoms with Crippen LogP contribution in [-0.4, -0.2) is 46.2 Å². The lowest BCUT2D eigenvalue weighted by atomic mass is 9.96. The highest BCUT2D eigenvalue weighted by Gasteiger charge is 2.35. The summed E-state index contributed by atoms with van der Waals surface area (Å²) in [5.74, 6) is -0.395. The fourth-order valence-electron chi connectivity index (χ4n) is 5.48. The molecule has 0 bridgehead atoms. The number of benzene rings is 2. The Labute approximate surface area is 261 Å². The minimum atomic E-state index is -4.80. The van der Waals surface area contributed by atoms with E-state index in [0.29, 0.717) is 18.8 Å². The van der Waals surface area contributed by atoms with Crippen molar-refractivity contribution in [1.29, 1.82) is 0 Å². The van der Waals surface area contributed by atoms with Gasteiger partial charge in [-0.1, -0.05) is 30.3 Å². The molecule has 1 amide bonds. The van der Waals surface area contributed by atoms with Gasteiger partial charge in [-0.15, -0.1) is 37.2 Å². The van der Waals surface area contributed by atoms with Crippen LogP contribution in [0.3, 0.4) is 0 Å². The highest BCUT2D eigenvalue weighted by Crippen LogP contribution is 2.35. The zero-order valence-electron chi connectivity index (χ0n) is 22.8. The molecule has 6 nitrogen and oxygen atoms in total. The summed E-state index contributed by atoms with van der Waals surface area (Å²) in [6.45, 7) is 2.87. The molecular weight excluding hydrogens is 619 g/mol. The molecule has 0 aliphatic carbocycles. The number of piperidine rings is 2. The van der Waals surface area contributed by atoms with Crippen LogP contribution in [0.15, 0.2) is 54.7 Å². The van der Waals surface area contributed by atoms with Gasteiger partial charge in [0.05, 0.1) is 17.3 Å². The van der Waals surface area contributed by atoms with Crippen LogP contribution in [0, 0.1) is 5.82 Å². The number of halogens is 7. The first-order chi connectivity index (χ1) is 18.8. The van der Waals surface area contributed by atoms with Gasteiger partial charge in [0.1, 0.15) is 18.2 Å². The van der Waals surface area contributed by atoms with Crippen molar-refractivity contribution >= 4 is 43.3 Å². The zero-order chi connectivity index (χ0) is 27.4. The van der Waals surface area contributed by atoms with Gasteiger partial charge in [0.2, 0.25) is 0 Å². The molecule has 3 heterocycles. The van der Waals surface area contributed by atoms with E-state index in [1.165, 1.54) is 6.07 Å². The highest BCUT2D eigenvalue weighted by molar-refractivity contribution is 5.86. The number of nitrogens with zero attached hydrogens (tertiary/aromatic N) is 3. The minimum absolute atomic E-state index is 0. The number of hydrogen-bond donors (Lipinski definition) is 1. The maximum Gasteiger partial charge on any atom is 0.419 e. The zero-order valence-corrected chi connectivity index (χ0v) is 25.3. The predicted molar refractivity (Wildman–Crippen MR) is 160 cm³/mol. The normalized spacial score (nSPS) is 17.4. The van der Waals surface area contributed by atoms with E-state index in [9.17, 15) is 22.4 Å². The van der Waals surface area contributed by atoms with Crippen LogP contribution < -0.4 is 5.32 Å². The summed E-state index contributed by atoms with van der Waals surface area (Å²) >= 11 is 0. The Hall–Kier alpha value is -2.53. The highest BCUT2D eigenvalue weighted by atomic mass is 35.5. The molecule has 232 valence electrons. The molecule has 0 radical (unpaired) electrons. The molecule has 2 aliphatic heterocycles. The standard InChI is InChI=1S/C29H32F4N4O2.3ClH/c30-25-10-9-22(16-24(25)29(31,32)33)26-18-36(27(35-26)21-11-13-34-14-12-21)17-23-8-4-5-15-37(23)28(38)39-19-20-6-2-1-3-7-20;;;/h1-3,6-7,9-10,16,18,21,23,34H,4-5,8,11-15,17,19H2;3*1H. The first kappa shape index (κ1) is 35.7. The molecule has 2 aliphatic rings. The Bertz CT molecular complexity index is 1290. The number of alkyl halides is 3. The minimum Gasteiger partial charge on any atom is -0.445 e. The molecule has 2 saturated heterocycles. The predicted octanol–water partition coefficient (Wildman–Crippen LogP) is 7.63. The maximum absolute atomic E-state index is 14.0. The van der Waals surface area contributed by atoms with Crippen LogP contribution in [0.25, 0.3) is 11.3 Å². The van der Waals surface area contributed by atoms with E-state index in [-0.39, 0.29) is 67.4 Å². The van der Waals surface area contributed by atoms with Crippen molar-refractivity contribution in [3.8, 4) is 11.3 Å². The maximum atomic E-state index is 14.0. The third-order valence-electron chi connectivity index (χ3n) is 7.55. The molecule has 13 heteroatoms. The van der Waals surface area contributed by atoms with Gasteiger partial charge in [-0.05, 0) is 69.0 Å². The molecule has 2 fully saturated rings. The van der Waals surface area contributed by atoms with Crippen molar-refractivity contribution in [2.45, 2.75) is 63.4 Å². The van der Waals surface area contributed by atoms with Gasteiger partial charge in [0.25, 0.3) is 0 Å². The number of likely N-dealkylation sites (tertiary alicyclic amines) is 1. The third kappa shape index (κ3) is 8.52. The Morgan fingerprint density at radius 3 is 2.40 bits per heavy atom. The Morgan fingerprint density at radius 2 is 1.71 bits per heavy atom. The van der Waals surface area contributed by atoms with Gasteiger partial charge in [-0.25, -0.2) is 14.2 Å². The van der Waals surface area contributed by atoms with E-state index < -0.39 is 17.6 Å². The number of carbonyl (C=O) groups excluding carboxylic acids is 1.